The maximum Gasteiger partial charge on any atom is 0.230 e. The van der Waals surface area contributed by atoms with E-state index in [2.05, 4.69) is 10.5 Å². The Kier molecular flexibility index (Phi) is 4.99. The van der Waals surface area contributed by atoms with Crippen LogP contribution in [0.15, 0.2) is 59.1 Å². The first kappa shape index (κ1) is 16.6. The molecule has 25 heavy (non-hydrogen) atoms. The number of carbonyl (C=O) groups excluding carboxylic acids is 1. The second-order valence-electron chi connectivity index (χ2n) is 5.46. The molecule has 6 heteroatoms. The van der Waals surface area contributed by atoms with E-state index in [-0.39, 0.29) is 12.3 Å². The standard InChI is InChI=1S/C19H18N2O4/c1-13-10-15(21-25-13)11-19(22)20-14-6-8-16(9-7-14)24-18-5-3-4-17(12-18)23-2/h3-10,12H,11H2,1-2H3,(H,20,22). The van der Waals surface area contributed by atoms with Gasteiger partial charge in [0.2, 0.25) is 5.91 Å². The molecule has 0 aliphatic heterocycles. The highest BCUT2D eigenvalue weighted by atomic mass is 16.5. The molecule has 3 rings (SSSR count). The summed E-state index contributed by atoms with van der Waals surface area (Å²) < 4.78 is 15.9. The van der Waals surface area contributed by atoms with Gasteiger partial charge in [-0.15, -0.1) is 0 Å². The molecule has 6 nitrogen and oxygen atoms in total. The van der Waals surface area contributed by atoms with Crippen molar-refractivity contribution in [1.29, 1.82) is 0 Å². The van der Waals surface area contributed by atoms with Crippen molar-refractivity contribution in [2.24, 2.45) is 0 Å². The minimum Gasteiger partial charge on any atom is -0.497 e. The maximum atomic E-state index is 12.0. The molecule has 0 bridgehead atoms. The van der Waals surface area contributed by atoms with E-state index in [1.54, 1.807) is 50.4 Å². The lowest BCUT2D eigenvalue weighted by Crippen LogP contribution is -2.14. The van der Waals surface area contributed by atoms with Crippen LogP contribution in [0.1, 0.15) is 11.5 Å². The van der Waals surface area contributed by atoms with Gasteiger partial charge in [0.25, 0.3) is 0 Å². The zero-order valence-corrected chi connectivity index (χ0v) is 14.0. The number of ether oxygens (including phenoxy) is 2. The second-order valence-corrected chi connectivity index (χ2v) is 5.46. The minimum absolute atomic E-state index is 0.158. The fourth-order valence-electron chi connectivity index (χ4n) is 2.28. The first-order chi connectivity index (χ1) is 12.1. The topological polar surface area (TPSA) is 73.6 Å². The number of rotatable bonds is 6. The SMILES string of the molecule is COc1cccc(Oc2ccc(NC(=O)Cc3cc(C)on3)cc2)c1. The summed E-state index contributed by atoms with van der Waals surface area (Å²) in [5, 5.41) is 6.62. The molecular formula is C19H18N2O4. The van der Waals surface area contributed by atoms with E-state index in [4.69, 9.17) is 14.0 Å². The predicted molar refractivity (Wildman–Crippen MR) is 93.1 cm³/mol. The van der Waals surface area contributed by atoms with Crippen LogP contribution < -0.4 is 14.8 Å². The number of methoxy groups -OCH3 is 1. The molecule has 0 atom stereocenters. The van der Waals surface area contributed by atoms with Crippen molar-refractivity contribution in [2.45, 2.75) is 13.3 Å². The number of carbonyl (C=O) groups is 1. The van der Waals surface area contributed by atoms with Gasteiger partial charge in [0.1, 0.15) is 23.0 Å². The summed E-state index contributed by atoms with van der Waals surface area (Å²) in [6, 6.07) is 16.2. The van der Waals surface area contributed by atoms with Crippen LogP contribution in [-0.4, -0.2) is 18.2 Å². The number of benzene rings is 2. The third-order valence-corrected chi connectivity index (χ3v) is 3.43. The number of nitrogens with one attached hydrogen (secondary N) is 1. The van der Waals surface area contributed by atoms with Crippen molar-refractivity contribution in [2.75, 3.05) is 12.4 Å². The molecule has 0 spiro atoms. The third-order valence-electron chi connectivity index (χ3n) is 3.43. The van der Waals surface area contributed by atoms with Crippen molar-refractivity contribution in [3.05, 3.63) is 66.1 Å². The van der Waals surface area contributed by atoms with Gasteiger partial charge < -0.3 is 19.3 Å². The van der Waals surface area contributed by atoms with Crippen LogP contribution in [0, 0.1) is 6.92 Å². The van der Waals surface area contributed by atoms with Crippen LogP contribution >= 0.6 is 0 Å². The van der Waals surface area contributed by atoms with Crippen LogP contribution in [0.2, 0.25) is 0 Å². The molecule has 0 saturated heterocycles. The van der Waals surface area contributed by atoms with E-state index < -0.39 is 0 Å². The molecule has 0 fully saturated rings. The fourth-order valence-corrected chi connectivity index (χ4v) is 2.28. The lowest BCUT2D eigenvalue weighted by Gasteiger charge is -2.09. The van der Waals surface area contributed by atoms with Crippen LogP contribution in [-0.2, 0) is 11.2 Å². The summed E-state index contributed by atoms with van der Waals surface area (Å²) >= 11 is 0. The highest BCUT2D eigenvalue weighted by Crippen LogP contribution is 2.26. The van der Waals surface area contributed by atoms with Crippen molar-refractivity contribution in [1.82, 2.24) is 5.16 Å². The van der Waals surface area contributed by atoms with Gasteiger partial charge in [0, 0.05) is 17.8 Å². The number of hydrogen-bond donors (Lipinski definition) is 1. The first-order valence-electron chi connectivity index (χ1n) is 7.76. The Labute approximate surface area is 145 Å². The van der Waals surface area contributed by atoms with Gasteiger partial charge in [-0.05, 0) is 43.3 Å². The van der Waals surface area contributed by atoms with Crippen molar-refractivity contribution >= 4 is 11.6 Å². The molecule has 1 heterocycles. The zero-order valence-electron chi connectivity index (χ0n) is 14.0. The molecule has 0 aliphatic rings. The lowest BCUT2D eigenvalue weighted by molar-refractivity contribution is -0.115. The summed E-state index contributed by atoms with van der Waals surface area (Å²) in [4.78, 5) is 12.0. The average Bonchev–Trinajstić information content (AvgIpc) is 3.01. The molecule has 0 radical (unpaired) electrons. The minimum atomic E-state index is -0.158. The van der Waals surface area contributed by atoms with Crippen molar-refractivity contribution in [3.8, 4) is 17.2 Å². The Morgan fingerprint density at radius 2 is 1.84 bits per heavy atom. The number of anilines is 1. The Morgan fingerprint density at radius 3 is 2.52 bits per heavy atom. The molecule has 2 aromatic carbocycles. The predicted octanol–water partition coefficient (Wildman–Crippen LogP) is 3.97. The first-order valence-corrected chi connectivity index (χ1v) is 7.76. The molecule has 0 saturated carbocycles. The number of amides is 1. The van der Waals surface area contributed by atoms with Gasteiger partial charge in [-0.1, -0.05) is 11.2 Å². The summed E-state index contributed by atoms with van der Waals surface area (Å²) in [6.45, 7) is 1.79. The van der Waals surface area contributed by atoms with Gasteiger partial charge >= 0.3 is 0 Å². The van der Waals surface area contributed by atoms with Gasteiger partial charge in [-0.2, -0.15) is 0 Å². The molecule has 0 unspecified atom stereocenters. The van der Waals surface area contributed by atoms with E-state index in [0.717, 1.165) is 5.75 Å². The smallest absolute Gasteiger partial charge is 0.230 e. The molecular weight excluding hydrogens is 320 g/mol. The average molecular weight is 338 g/mol. The largest absolute Gasteiger partial charge is 0.497 e. The normalized spacial score (nSPS) is 10.3. The van der Waals surface area contributed by atoms with E-state index in [1.165, 1.54) is 0 Å². The number of nitrogens with zero attached hydrogens (tertiary/aromatic N) is 1. The highest BCUT2D eigenvalue weighted by Gasteiger charge is 2.08. The van der Waals surface area contributed by atoms with Crippen LogP contribution in [0.4, 0.5) is 5.69 Å². The third kappa shape index (κ3) is 4.60. The molecule has 1 amide bonds. The number of aryl methyl sites for hydroxylation is 1. The quantitative estimate of drug-likeness (QED) is 0.736. The molecule has 128 valence electrons. The summed E-state index contributed by atoms with van der Waals surface area (Å²) in [7, 11) is 1.61. The second kappa shape index (κ2) is 7.53. The zero-order chi connectivity index (χ0) is 17.6. The summed E-state index contributed by atoms with van der Waals surface area (Å²) in [5.41, 5.74) is 1.29. The number of aromatic nitrogens is 1. The Bertz CT molecular complexity index is 856. The Balaban J connectivity index is 1.58. The van der Waals surface area contributed by atoms with Crippen molar-refractivity contribution < 1.29 is 18.8 Å². The fraction of sp³-hybridized carbons (Fsp3) is 0.158. The maximum absolute atomic E-state index is 12.0. The van der Waals surface area contributed by atoms with E-state index in [1.807, 2.05) is 18.2 Å². The van der Waals surface area contributed by atoms with Gasteiger partial charge in [-0.25, -0.2) is 0 Å². The van der Waals surface area contributed by atoms with Gasteiger partial charge in [-0.3, -0.25) is 4.79 Å². The van der Waals surface area contributed by atoms with E-state index >= 15 is 0 Å². The highest BCUT2D eigenvalue weighted by molar-refractivity contribution is 5.92. The van der Waals surface area contributed by atoms with Gasteiger partial charge in [0.15, 0.2) is 0 Å². The Hall–Kier alpha value is -3.28. The van der Waals surface area contributed by atoms with Gasteiger partial charge in [0.05, 0.1) is 19.2 Å². The van der Waals surface area contributed by atoms with Crippen molar-refractivity contribution in [3.63, 3.8) is 0 Å². The molecule has 3 aromatic rings. The van der Waals surface area contributed by atoms with Crippen LogP contribution in [0.25, 0.3) is 0 Å². The van der Waals surface area contributed by atoms with Crippen LogP contribution in [0.5, 0.6) is 17.2 Å². The summed E-state index contributed by atoms with van der Waals surface area (Å²) in [5.74, 6) is 2.59. The Morgan fingerprint density at radius 1 is 1.08 bits per heavy atom. The monoisotopic (exact) mass is 338 g/mol. The van der Waals surface area contributed by atoms with E-state index in [0.29, 0.717) is 28.6 Å². The number of hydrogen-bond acceptors (Lipinski definition) is 5. The van der Waals surface area contributed by atoms with E-state index in [9.17, 15) is 4.79 Å². The molecule has 0 aliphatic carbocycles. The lowest BCUT2D eigenvalue weighted by atomic mass is 10.2. The van der Waals surface area contributed by atoms with Crippen LogP contribution in [0.3, 0.4) is 0 Å². The molecule has 1 N–H and O–H groups in total. The summed E-state index contributed by atoms with van der Waals surface area (Å²) in [6.07, 6.45) is 0.166. The molecule has 1 aromatic heterocycles.